The van der Waals surface area contributed by atoms with E-state index in [1.165, 1.54) is 0 Å². The lowest BCUT2D eigenvalue weighted by atomic mass is 10.0. The molecule has 0 aliphatic heterocycles. The Kier molecular flexibility index (Phi) is 6.03. The Morgan fingerprint density at radius 2 is 1.81 bits per heavy atom. The zero-order valence-corrected chi connectivity index (χ0v) is 13.5. The van der Waals surface area contributed by atoms with Crippen LogP contribution in [0.3, 0.4) is 0 Å². The number of hydrogen-bond donors (Lipinski definition) is 1. The summed E-state index contributed by atoms with van der Waals surface area (Å²) in [6.07, 6.45) is 0.130. The van der Waals surface area contributed by atoms with Crippen LogP contribution in [0, 0.1) is 0 Å². The smallest absolute Gasteiger partial charge is 0.304 e. The predicted molar refractivity (Wildman–Crippen MR) is 82.0 cm³/mol. The molecule has 0 fully saturated rings. The summed E-state index contributed by atoms with van der Waals surface area (Å²) in [6, 6.07) is 5.77. The third-order valence-corrected chi connectivity index (χ3v) is 3.37. The van der Waals surface area contributed by atoms with E-state index >= 15 is 0 Å². The minimum absolute atomic E-state index is 0.109. The Labute approximate surface area is 126 Å². The molecule has 0 bridgehead atoms. The number of carbonyl (C=O) groups is 1. The highest BCUT2D eigenvalue weighted by Crippen LogP contribution is 2.29. The van der Waals surface area contributed by atoms with E-state index in [1.807, 2.05) is 18.2 Å². The van der Waals surface area contributed by atoms with E-state index in [-0.39, 0.29) is 12.0 Å². The normalized spacial score (nSPS) is 11.5. The molecule has 0 amide bonds. The van der Waals surface area contributed by atoms with E-state index in [0.717, 1.165) is 5.56 Å². The van der Waals surface area contributed by atoms with Gasteiger partial charge in [-0.15, -0.1) is 0 Å². The van der Waals surface area contributed by atoms with E-state index < -0.39 is 5.97 Å². The van der Waals surface area contributed by atoms with Crippen LogP contribution < -0.4 is 9.47 Å². The Hall–Kier alpha value is -1.75. The molecular formula is C16H25NO4. The van der Waals surface area contributed by atoms with Crippen LogP contribution in [-0.2, 0) is 11.3 Å². The van der Waals surface area contributed by atoms with Crippen LogP contribution in [0.1, 0.15) is 32.8 Å². The van der Waals surface area contributed by atoms with Crippen LogP contribution in [0.2, 0.25) is 0 Å². The van der Waals surface area contributed by atoms with Crippen molar-refractivity contribution in [3.05, 3.63) is 23.8 Å². The first-order valence-corrected chi connectivity index (χ1v) is 6.95. The molecular weight excluding hydrogens is 270 g/mol. The monoisotopic (exact) mass is 295 g/mol. The molecule has 1 N–H and O–H groups in total. The fraction of sp³-hybridized carbons (Fsp3) is 0.562. The highest BCUT2D eigenvalue weighted by atomic mass is 16.5. The maximum atomic E-state index is 10.8. The third-order valence-electron chi connectivity index (χ3n) is 3.37. The minimum Gasteiger partial charge on any atom is -0.493 e. The molecule has 0 heterocycles. The summed E-state index contributed by atoms with van der Waals surface area (Å²) in [4.78, 5) is 12.9. The number of carboxylic acid groups (broad SMARTS) is 1. The van der Waals surface area contributed by atoms with Crippen LogP contribution in [0.25, 0.3) is 0 Å². The lowest BCUT2D eigenvalue weighted by Gasteiger charge is -2.35. The molecule has 1 rings (SSSR count). The topological polar surface area (TPSA) is 59.0 Å². The van der Waals surface area contributed by atoms with Gasteiger partial charge in [0.2, 0.25) is 0 Å². The van der Waals surface area contributed by atoms with Crippen molar-refractivity contribution in [1.82, 2.24) is 4.90 Å². The first-order chi connectivity index (χ1) is 9.77. The predicted octanol–water partition coefficient (Wildman–Crippen LogP) is 2.78. The summed E-state index contributed by atoms with van der Waals surface area (Å²) in [5.41, 5.74) is 0.954. The van der Waals surface area contributed by atoms with Crippen molar-refractivity contribution >= 4 is 5.97 Å². The minimum atomic E-state index is -0.781. The number of benzene rings is 1. The molecule has 0 atom stereocenters. The maximum absolute atomic E-state index is 10.8. The first-order valence-electron chi connectivity index (χ1n) is 6.95. The standard InChI is InChI=1S/C16H25NO4/c1-16(2,3)17(9-8-15(18)19)11-12-6-7-13(20-4)14(10-12)21-5/h6-7,10H,8-9,11H2,1-5H3,(H,18,19). The summed E-state index contributed by atoms with van der Waals surface area (Å²) in [7, 11) is 3.21. The van der Waals surface area contributed by atoms with Gasteiger partial charge in [0.05, 0.1) is 20.6 Å². The van der Waals surface area contributed by atoms with Crippen molar-refractivity contribution in [2.75, 3.05) is 20.8 Å². The Morgan fingerprint density at radius 1 is 1.19 bits per heavy atom. The summed E-state index contributed by atoms with van der Waals surface area (Å²) in [5.74, 6) is 0.591. The second kappa shape index (κ2) is 7.31. The molecule has 118 valence electrons. The van der Waals surface area contributed by atoms with E-state index in [9.17, 15) is 4.79 Å². The van der Waals surface area contributed by atoms with Gasteiger partial charge in [-0.3, -0.25) is 9.69 Å². The van der Waals surface area contributed by atoms with Gasteiger partial charge in [-0.1, -0.05) is 6.07 Å². The van der Waals surface area contributed by atoms with Crippen LogP contribution in [0.5, 0.6) is 11.5 Å². The molecule has 0 radical (unpaired) electrons. The van der Waals surface area contributed by atoms with Gasteiger partial charge in [0.25, 0.3) is 0 Å². The Balaban J connectivity index is 2.90. The number of ether oxygens (including phenoxy) is 2. The number of aliphatic carboxylic acids is 1. The first kappa shape index (κ1) is 17.3. The van der Waals surface area contributed by atoms with Crippen LogP contribution in [0.15, 0.2) is 18.2 Å². The van der Waals surface area contributed by atoms with Gasteiger partial charge in [0.15, 0.2) is 11.5 Å². The zero-order chi connectivity index (χ0) is 16.0. The summed E-state index contributed by atoms with van der Waals surface area (Å²) in [6.45, 7) is 7.41. The summed E-state index contributed by atoms with van der Waals surface area (Å²) >= 11 is 0. The number of methoxy groups -OCH3 is 2. The molecule has 0 unspecified atom stereocenters. The maximum Gasteiger partial charge on any atom is 0.304 e. The number of hydrogen-bond acceptors (Lipinski definition) is 4. The summed E-state index contributed by atoms with van der Waals surface area (Å²) < 4.78 is 10.5. The average Bonchev–Trinajstić information content (AvgIpc) is 2.41. The molecule has 5 heteroatoms. The largest absolute Gasteiger partial charge is 0.493 e. The molecule has 0 spiro atoms. The lowest BCUT2D eigenvalue weighted by Crippen LogP contribution is -2.42. The van der Waals surface area contributed by atoms with Gasteiger partial charge in [-0.05, 0) is 38.5 Å². The van der Waals surface area contributed by atoms with Crippen LogP contribution in [-0.4, -0.2) is 42.3 Å². The molecule has 1 aromatic carbocycles. The fourth-order valence-corrected chi connectivity index (χ4v) is 2.08. The highest BCUT2D eigenvalue weighted by molar-refractivity contribution is 5.66. The number of rotatable bonds is 7. The molecule has 0 aliphatic carbocycles. The van der Waals surface area contributed by atoms with Crippen molar-refractivity contribution in [1.29, 1.82) is 0 Å². The molecule has 1 aromatic rings. The molecule has 21 heavy (non-hydrogen) atoms. The molecule has 0 saturated carbocycles. The van der Waals surface area contributed by atoms with Gasteiger partial charge in [-0.2, -0.15) is 0 Å². The molecule has 0 aromatic heterocycles. The van der Waals surface area contributed by atoms with E-state index in [2.05, 4.69) is 25.7 Å². The number of carboxylic acids is 1. The second-order valence-corrected chi connectivity index (χ2v) is 5.93. The van der Waals surface area contributed by atoms with Crippen molar-refractivity contribution in [3.8, 4) is 11.5 Å². The van der Waals surface area contributed by atoms with Crippen LogP contribution in [0.4, 0.5) is 0 Å². The van der Waals surface area contributed by atoms with Crippen molar-refractivity contribution < 1.29 is 19.4 Å². The number of nitrogens with zero attached hydrogens (tertiary/aromatic N) is 1. The summed E-state index contributed by atoms with van der Waals surface area (Å²) in [5, 5.41) is 8.88. The van der Waals surface area contributed by atoms with Crippen molar-refractivity contribution in [3.63, 3.8) is 0 Å². The third kappa shape index (κ3) is 5.27. The average molecular weight is 295 g/mol. The quantitative estimate of drug-likeness (QED) is 0.838. The second-order valence-electron chi connectivity index (χ2n) is 5.93. The van der Waals surface area contributed by atoms with Crippen LogP contribution >= 0.6 is 0 Å². The molecule has 5 nitrogen and oxygen atoms in total. The van der Waals surface area contributed by atoms with E-state index in [0.29, 0.717) is 24.6 Å². The van der Waals surface area contributed by atoms with E-state index in [1.54, 1.807) is 14.2 Å². The molecule has 0 saturated heterocycles. The van der Waals surface area contributed by atoms with Gasteiger partial charge in [0.1, 0.15) is 0 Å². The van der Waals surface area contributed by atoms with Gasteiger partial charge >= 0.3 is 5.97 Å². The van der Waals surface area contributed by atoms with Gasteiger partial charge in [-0.25, -0.2) is 0 Å². The van der Waals surface area contributed by atoms with Gasteiger partial charge in [0, 0.05) is 18.6 Å². The highest BCUT2D eigenvalue weighted by Gasteiger charge is 2.22. The van der Waals surface area contributed by atoms with E-state index in [4.69, 9.17) is 14.6 Å². The van der Waals surface area contributed by atoms with Crippen molar-refractivity contribution in [2.45, 2.75) is 39.3 Å². The van der Waals surface area contributed by atoms with Crippen molar-refractivity contribution in [2.24, 2.45) is 0 Å². The Bertz CT molecular complexity index is 480. The zero-order valence-electron chi connectivity index (χ0n) is 13.5. The lowest BCUT2D eigenvalue weighted by molar-refractivity contribution is -0.137. The SMILES string of the molecule is COc1ccc(CN(CCC(=O)O)C(C)(C)C)cc1OC. The Morgan fingerprint density at radius 3 is 2.29 bits per heavy atom. The fourth-order valence-electron chi connectivity index (χ4n) is 2.08. The molecule has 0 aliphatic rings. The van der Waals surface area contributed by atoms with Gasteiger partial charge < -0.3 is 14.6 Å².